The first kappa shape index (κ1) is 25.5. The van der Waals surface area contributed by atoms with Crippen LogP contribution in [0.15, 0.2) is 36.5 Å². The molecule has 0 radical (unpaired) electrons. The number of aromatic nitrogens is 1. The van der Waals surface area contributed by atoms with E-state index in [-0.39, 0.29) is 22.0 Å². The first-order chi connectivity index (χ1) is 14.5. The molecule has 1 aromatic carbocycles. The van der Waals surface area contributed by atoms with Crippen molar-refractivity contribution >= 4 is 29.5 Å². The third-order valence-electron chi connectivity index (χ3n) is 3.77. The average Bonchev–Trinajstić information content (AvgIpc) is 2.58. The Morgan fingerprint density at radius 2 is 1.38 bits per heavy atom. The SMILES string of the molecule is CC(C)(C)OC(=O)N(C(=O)OC(C)(C)C)c1cc(Cl)ncc1-c1ccc(C(F)(F)F)cc1. The highest BCUT2D eigenvalue weighted by Crippen LogP contribution is 2.36. The highest BCUT2D eigenvalue weighted by molar-refractivity contribution is 6.30. The Bertz CT molecular complexity index is 966. The molecule has 2 aromatic rings. The summed E-state index contributed by atoms with van der Waals surface area (Å²) in [7, 11) is 0. The molecule has 0 unspecified atom stereocenters. The number of nitrogens with zero attached hydrogens (tertiary/aromatic N) is 2. The minimum Gasteiger partial charge on any atom is -0.443 e. The van der Waals surface area contributed by atoms with Gasteiger partial charge in [0.1, 0.15) is 16.4 Å². The third-order valence-corrected chi connectivity index (χ3v) is 3.97. The quantitative estimate of drug-likeness (QED) is 0.436. The molecule has 0 aliphatic carbocycles. The molecule has 1 heterocycles. The number of hydrogen-bond acceptors (Lipinski definition) is 5. The Balaban J connectivity index is 2.64. The highest BCUT2D eigenvalue weighted by Gasteiger charge is 2.35. The summed E-state index contributed by atoms with van der Waals surface area (Å²) in [6.07, 6.45) is -5.34. The Morgan fingerprint density at radius 3 is 1.78 bits per heavy atom. The van der Waals surface area contributed by atoms with Gasteiger partial charge in [-0.15, -0.1) is 0 Å². The van der Waals surface area contributed by atoms with Gasteiger partial charge in [0, 0.05) is 17.8 Å². The predicted octanol–water partition coefficient (Wildman–Crippen LogP) is 7.10. The molecular weight excluding hydrogens is 449 g/mol. The van der Waals surface area contributed by atoms with Crippen molar-refractivity contribution in [3.63, 3.8) is 0 Å². The average molecular weight is 473 g/mol. The molecule has 2 amide bonds. The number of rotatable bonds is 2. The maximum absolute atomic E-state index is 13.0. The van der Waals surface area contributed by atoms with E-state index in [0.29, 0.717) is 4.90 Å². The molecule has 0 spiro atoms. The maximum atomic E-state index is 13.0. The number of benzene rings is 1. The van der Waals surface area contributed by atoms with Gasteiger partial charge in [0.05, 0.1) is 11.3 Å². The third kappa shape index (κ3) is 6.85. The first-order valence-corrected chi connectivity index (χ1v) is 9.95. The van der Waals surface area contributed by atoms with Gasteiger partial charge in [0.25, 0.3) is 0 Å². The summed E-state index contributed by atoms with van der Waals surface area (Å²) >= 11 is 6.02. The molecule has 1 aromatic heterocycles. The summed E-state index contributed by atoms with van der Waals surface area (Å²) < 4.78 is 49.6. The van der Waals surface area contributed by atoms with Crippen LogP contribution in [0.25, 0.3) is 11.1 Å². The summed E-state index contributed by atoms with van der Waals surface area (Å²) in [5, 5.41) is -0.0484. The predicted molar refractivity (Wildman–Crippen MR) is 115 cm³/mol. The van der Waals surface area contributed by atoms with E-state index in [1.807, 2.05) is 0 Å². The van der Waals surface area contributed by atoms with Crippen LogP contribution in [0.1, 0.15) is 47.1 Å². The van der Waals surface area contributed by atoms with E-state index < -0.39 is 35.1 Å². The van der Waals surface area contributed by atoms with Crippen LogP contribution in [0, 0.1) is 0 Å². The van der Waals surface area contributed by atoms with Gasteiger partial charge in [-0.05, 0) is 59.2 Å². The van der Waals surface area contributed by atoms with Crippen molar-refractivity contribution in [2.75, 3.05) is 4.90 Å². The van der Waals surface area contributed by atoms with Crippen molar-refractivity contribution in [2.45, 2.75) is 58.9 Å². The number of halogens is 4. The van der Waals surface area contributed by atoms with Crippen LogP contribution in [0.5, 0.6) is 0 Å². The summed E-state index contributed by atoms with van der Waals surface area (Å²) in [6.45, 7) is 9.72. The van der Waals surface area contributed by atoms with Crippen molar-refractivity contribution < 1.29 is 32.2 Å². The number of hydrogen-bond donors (Lipinski definition) is 0. The van der Waals surface area contributed by atoms with Crippen LogP contribution in [0.2, 0.25) is 5.15 Å². The smallest absolute Gasteiger partial charge is 0.424 e. The lowest BCUT2D eigenvalue weighted by molar-refractivity contribution is -0.137. The Morgan fingerprint density at radius 1 is 0.906 bits per heavy atom. The van der Waals surface area contributed by atoms with Crippen LogP contribution < -0.4 is 4.90 Å². The fraction of sp³-hybridized carbons (Fsp3) is 0.409. The van der Waals surface area contributed by atoms with Gasteiger partial charge >= 0.3 is 18.4 Å². The normalized spacial score (nSPS) is 12.3. The molecule has 32 heavy (non-hydrogen) atoms. The Labute approximate surface area is 189 Å². The van der Waals surface area contributed by atoms with Crippen molar-refractivity contribution in [1.82, 2.24) is 4.98 Å². The Kier molecular flexibility index (Phi) is 7.14. The van der Waals surface area contributed by atoms with Crippen molar-refractivity contribution in [2.24, 2.45) is 0 Å². The second-order valence-corrected chi connectivity index (χ2v) is 9.28. The molecular formula is C22H24ClF3N2O4. The minimum absolute atomic E-state index is 0.0479. The van der Waals surface area contributed by atoms with E-state index in [0.717, 1.165) is 12.1 Å². The van der Waals surface area contributed by atoms with Crippen LogP contribution in [0.4, 0.5) is 28.4 Å². The molecule has 0 fully saturated rings. The zero-order valence-corrected chi connectivity index (χ0v) is 19.3. The summed E-state index contributed by atoms with van der Waals surface area (Å²) in [5.41, 5.74) is -2.32. The number of ether oxygens (including phenoxy) is 2. The van der Waals surface area contributed by atoms with E-state index >= 15 is 0 Å². The molecule has 2 rings (SSSR count). The van der Waals surface area contributed by atoms with Gasteiger partial charge in [-0.25, -0.2) is 14.6 Å². The van der Waals surface area contributed by atoms with Gasteiger partial charge < -0.3 is 9.47 Å². The molecule has 0 atom stereocenters. The summed E-state index contributed by atoms with van der Waals surface area (Å²) in [4.78, 5) is 30.5. The monoisotopic (exact) mass is 472 g/mol. The second-order valence-electron chi connectivity index (χ2n) is 8.90. The van der Waals surface area contributed by atoms with Gasteiger partial charge in [-0.2, -0.15) is 18.1 Å². The van der Waals surface area contributed by atoms with Crippen LogP contribution >= 0.6 is 11.6 Å². The van der Waals surface area contributed by atoms with Crippen LogP contribution in [-0.2, 0) is 15.7 Å². The zero-order valence-electron chi connectivity index (χ0n) is 18.5. The molecule has 0 saturated carbocycles. The number of amides is 2. The molecule has 0 bridgehead atoms. The Hall–Kier alpha value is -2.81. The summed E-state index contributed by atoms with van der Waals surface area (Å²) in [6, 6.07) is 5.43. The van der Waals surface area contributed by atoms with E-state index in [9.17, 15) is 22.8 Å². The number of anilines is 1. The largest absolute Gasteiger partial charge is 0.443 e. The van der Waals surface area contributed by atoms with Crippen LogP contribution in [0.3, 0.4) is 0 Å². The number of carbonyl (C=O) groups excluding carboxylic acids is 2. The fourth-order valence-corrected chi connectivity index (χ4v) is 2.70. The molecule has 0 N–H and O–H groups in total. The molecule has 0 aliphatic heterocycles. The van der Waals surface area contributed by atoms with Crippen molar-refractivity contribution in [3.8, 4) is 11.1 Å². The number of carbonyl (C=O) groups is 2. The standard InChI is InChI=1S/C22H24ClF3N2O4/c1-20(2,3)31-18(29)28(19(30)32-21(4,5)6)16-11-17(23)27-12-15(16)13-7-9-14(10-8-13)22(24,25)26/h7-12H,1-6H3. The molecule has 174 valence electrons. The van der Waals surface area contributed by atoms with Gasteiger partial charge in [0.15, 0.2) is 0 Å². The lowest BCUT2D eigenvalue weighted by Crippen LogP contribution is -2.44. The fourth-order valence-electron chi connectivity index (χ4n) is 2.55. The topological polar surface area (TPSA) is 68.7 Å². The summed E-state index contributed by atoms with van der Waals surface area (Å²) in [5.74, 6) is 0. The molecule has 0 aliphatic rings. The van der Waals surface area contributed by atoms with Crippen molar-refractivity contribution in [1.29, 1.82) is 0 Å². The van der Waals surface area contributed by atoms with Crippen molar-refractivity contribution in [3.05, 3.63) is 47.2 Å². The van der Waals surface area contributed by atoms with Gasteiger partial charge in [-0.1, -0.05) is 23.7 Å². The molecule has 6 nitrogen and oxygen atoms in total. The van der Waals surface area contributed by atoms with E-state index in [1.54, 1.807) is 41.5 Å². The maximum Gasteiger partial charge on any atom is 0.424 e. The number of imide groups is 1. The van der Waals surface area contributed by atoms with Crippen LogP contribution in [-0.4, -0.2) is 28.4 Å². The number of pyridine rings is 1. The van der Waals surface area contributed by atoms with E-state index in [2.05, 4.69) is 4.98 Å². The minimum atomic E-state index is -4.52. The molecule has 10 heteroatoms. The first-order valence-electron chi connectivity index (χ1n) is 9.57. The van der Waals surface area contributed by atoms with Gasteiger partial charge in [0.2, 0.25) is 0 Å². The molecule has 0 saturated heterocycles. The lowest BCUT2D eigenvalue weighted by Gasteiger charge is -2.29. The zero-order chi connectivity index (χ0) is 24.5. The number of alkyl halides is 3. The van der Waals surface area contributed by atoms with E-state index in [1.165, 1.54) is 24.4 Å². The lowest BCUT2D eigenvalue weighted by atomic mass is 10.0. The van der Waals surface area contributed by atoms with Gasteiger partial charge in [-0.3, -0.25) is 0 Å². The second kappa shape index (κ2) is 8.97. The van der Waals surface area contributed by atoms with E-state index in [4.69, 9.17) is 21.1 Å². The highest BCUT2D eigenvalue weighted by atomic mass is 35.5.